The van der Waals surface area contributed by atoms with Crippen LogP contribution in [0.4, 0.5) is 0 Å². The van der Waals surface area contributed by atoms with Crippen molar-refractivity contribution < 1.29 is 4.42 Å². The zero-order valence-corrected chi connectivity index (χ0v) is 13.8. The summed E-state index contributed by atoms with van der Waals surface area (Å²) < 4.78 is 7.11. The Morgan fingerprint density at radius 2 is 1.69 bits per heavy atom. The third-order valence-corrected chi connectivity index (χ3v) is 4.18. The number of hydrogen-bond donors (Lipinski definition) is 0. The van der Waals surface area contributed by atoms with Gasteiger partial charge in [0.2, 0.25) is 0 Å². The lowest BCUT2D eigenvalue weighted by Gasteiger charge is -2.12. The van der Waals surface area contributed by atoms with E-state index >= 15 is 0 Å². The third-order valence-electron chi connectivity index (χ3n) is 4.18. The lowest BCUT2D eigenvalue weighted by atomic mass is 9.97. The van der Waals surface area contributed by atoms with Crippen molar-refractivity contribution in [2.24, 2.45) is 0 Å². The largest absolute Gasteiger partial charge is 0.464 e. The maximum absolute atomic E-state index is 12.3. The summed E-state index contributed by atoms with van der Waals surface area (Å²) >= 11 is 0. The van der Waals surface area contributed by atoms with E-state index in [1.54, 1.807) is 29.2 Å². The van der Waals surface area contributed by atoms with Crippen molar-refractivity contribution in [3.63, 3.8) is 0 Å². The van der Waals surface area contributed by atoms with Gasteiger partial charge in [-0.25, -0.2) is 0 Å². The molecule has 26 heavy (non-hydrogen) atoms. The van der Waals surface area contributed by atoms with E-state index in [4.69, 9.17) is 4.42 Å². The molecule has 0 saturated carbocycles. The molecule has 124 valence electrons. The molecule has 0 aliphatic rings. The van der Waals surface area contributed by atoms with Crippen molar-refractivity contribution in [3.05, 3.63) is 101 Å². The highest BCUT2D eigenvalue weighted by molar-refractivity contribution is 5.77. The molecule has 0 unspecified atom stereocenters. The van der Waals surface area contributed by atoms with E-state index in [2.05, 4.69) is 6.07 Å². The number of hydrogen-bond acceptors (Lipinski definition) is 3. The highest BCUT2D eigenvalue weighted by Crippen LogP contribution is 2.31. The molecule has 2 aromatic carbocycles. The van der Waals surface area contributed by atoms with E-state index in [0.29, 0.717) is 17.0 Å². The normalized spacial score (nSPS) is 10.4. The molecule has 0 saturated heterocycles. The van der Waals surface area contributed by atoms with Crippen LogP contribution in [-0.2, 0) is 0 Å². The van der Waals surface area contributed by atoms with E-state index in [9.17, 15) is 10.1 Å². The van der Waals surface area contributed by atoms with Crippen LogP contribution in [0.25, 0.3) is 28.1 Å². The SMILES string of the molecule is N#Cc1ccccc1-c1cc(-c2ccco2)cc(-n2ccccc2=O)c1. The van der Waals surface area contributed by atoms with Gasteiger partial charge in [-0.2, -0.15) is 5.26 Å². The van der Waals surface area contributed by atoms with Gasteiger partial charge in [-0.05, 0) is 53.6 Å². The van der Waals surface area contributed by atoms with Gasteiger partial charge in [0.15, 0.2) is 0 Å². The van der Waals surface area contributed by atoms with Crippen LogP contribution in [0, 0.1) is 11.3 Å². The summed E-state index contributed by atoms with van der Waals surface area (Å²) in [7, 11) is 0. The smallest absolute Gasteiger partial charge is 0.255 e. The molecule has 4 rings (SSSR count). The van der Waals surface area contributed by atoms with Crippen LogP contribution in [-0.4, -0.2) is 4.57 Å². The summed E-state index contributed by atoms with van der Waals surface area (Å²) in [4.78, 5) is 12.3. The lowest BCUT2D eigenvalue weighted by Crippen LogP contribution is -2.15. The number of rotatable bonds is 3. The molecule has 0 spiro atoms. The van der Waals surface area contributed by atoms with Gasteiger partial charge in [-0.15, -0.1) is 0 Å². The van der Waals surface area contributed by atoms with Gasteiger partial charge in [0.1, 0.15) is 5.76 Å². The van der Waals surface area contributed by atoms with Crippen LogP contribution in [0.3, 0.4) is 0 Å². The quantitative estimate of drug-likeness (QED) is 0.547. The highest BCUT2D eigenvalue weighted by atomic mass is 16.3. The number of pyridine rings is 1. The molecule has 4 aromatic rings. The molecule has 0 aliphatic carbocycles. The maximum Gasteiger partial charge on any atom is 0.255 e. The first-order valence-corrected chi connectivity index (χ1v) is 8.13. The first-order valence-electron chi connectivity index (χ1n) is 8.13. The number of nitrogens with zero attached hydrogens (tertiary/aromatic N) is 2. The van der Waals surface area contributed by atoms with Crippen LogP contribution < -0.4 is 5.56 Å². The molecule has 0 bridgehead atoms. The Labute approximate surface area is 150 Å². The molecule has 0 radical (unpaired) electrons. The van der Waals surface area contributed by atoms with Gasteiger partial charge in [0.05, 0.1) is 17.9 Å². The molecule has 4 heteroatoms. The fourth-order valence-electron chi connectivity index (χ4n) is 2.96. The second kappa shape index (κ2) is 6.58. The zero-order chi connectivity index (χ0) is 17.9. The summed E-state index contributed by atoms with van der Waals surface area (Å²) in [5.41, 5.74) is 3.67. The van der Waals surface area contributed by atoms with Gasteiger partial charge in [-0.3, -0.25) is 9.36 Å². The Morgan fingerprint density at radius 1 is 0.885 bits per heavy atom. The van der Waals surface area contributed by atoms with Crippen LogP contribution in [0.15, 0.2) is 94.5 Å². The Balaban J connectivity index is 1.99. The molecule has 2 aromatic heterocycles. The Morgan fingerprint density at radius 3 is 2.46 bits per heavy atom. The average Bonchev–Trinajstić information content (AvgIpc) is 3.23. The first kappa shape index (κ1) is 15.7. The predicted octanol–water partition coefficient (Wildman–Crippen LogP) is 4.64. The van der Waals surface area contributed by atoms with Gasteiger partial charge >= 0.3 is 0 Å². The summed E-state index contributed by atoms with van der Waals surface area (Å²) in [5.74, 6) is 0.700. The van der Waals surface area contributed by atoms with Crippen LogP contribution in [0.2, 0.25) is 0 Å². The minimum atomic E-state index is -0.122. The molecule has 0 atom stereocenters. The van der Waals surface area contributed by atoms with E-state index in [1.165, 1.54) is 6.07 Å². The van der Waals surface area contributed by atoms with Crippen molar-refractivity contribution in [2.75, 3.05) is 0 Å². The summed E-state index contributed by atoms with van der Waals surface area (Å²) in [6.45, 7) is 0. The topological polar surface area (TPSA) is 58.9 Å². The van der Waals surface area contributed by atoms with E-state index in [1.807, 2.05) is 54.6 Å². The zero-order valence-electron chi connectivity index (χ0n) is 13.8. The Kier molecular flexibility index (Phi) is 3.97. The highest BCUT2D eigenvalue weighted by Gasteiger charge is 2.11. The monoisotopic (exact) mass is 338 g/mol. The lowest BCUT2D eigenvalue weighted by molar-refractivity contribution is 0.582. The molecule has 4 nitrogen and oxygen atoms in total. The summed E-state index contributed by atoms with van der Waals surface area (Å²) in [5, 5.41) is 9.44. The van der Waals surface area contributed by atoms with Gasteiger partial charge in [0, 0.05) is 23.5 Å². The Bertz CT molecular complexity index is 1170. The van der Waals surface area contributed by atoms with Gasteiger partial charge < -0.3 is 4.42 Å². The van der Waals surface area contributed by atoms with Crippen LogP contribution in [0.5, 0.6) is 0 Å². The Hall–Kier alpha value is -3.84. The standard InChI is InChI=1S/C22H14N2O2/c23-15-16-6-1-2-7-20(16)17-12-18(21-8-5-11-26-21)14-19(13-17)24-10-4-3-9-22(24)25/h1-14H. The van der Waals surface area contributed by atoms with E-state index in [-0.39, 0.29) is 5.56 Å². The molecule has 0 fully saturated rings. The second-order valence-electron chi connectivity index (χ2n) is 5.81. The van der Waals surface area contributed by atoms with Gasteiger partial charge in [-0.1, -0.05) is 24.3 Å². The number of aromatic nitrogens is 1. The second-order valence-corrected chi connectivity index (χ2v) is 5.81. The van der Waals surface area contributed by atoms with Crippen LogP contribution >= 0.6 is 0 Å². The van der Waals surface area contributed by atoms with Crippen molar-refractivity contribution in [1.29, 1.82) is 5.26 Å². The summed E-state index contributed by atoms with van der Waals surface area (Å²) in [6, 6.07) is 24.1. The number of nitriles is 1. The minimum absolute atomic E-state index is 0.122. The predicted molar refractivity (Wildman–Crippen MR) is 99.9 cm³/mol. The van der Waals surface area contributed by atoms with Crippen molar-refractivity contribution in [1.82, 2.24) is 4.57 Å². The number of benzene rings is 2. The first-order chi connectivity index (χ1) is 12.8. The molecular formula is C22H14N2O2. The van der Waals surface area contributed by atoms with E-state index in [0.717, 1.165) is 16.7 Å². The van der Waals surface area contributed by atoms with Gasteiger partial charge in [0.25, 0.3) is 5.56 Å². The number of furan rings is 1. The maximum atomic E-state index is 12.3. The van der Waals surface area contributed by atoms with Crippen molar-refractivity contribution >= 4 is 0 Å². The summed E-state index contributed by atoms with van der Waals surface area (Å²) in [6.07, 6.45) is 3.34. The molecule has 0 N–H and O–H groups in total. The fourth-order valence-corrected chi connectivity index (χ4v) is 2.96. The molecule has 2 heterocycles. The third kappa shape index (κ3) is 2.83. The van der Waals surface area contributed by atoms with Crippen molar-refractivity contribution in [2.45, 2.75) is 0 Å². The molecule has 0 amide bonds. The van der Waals surface area contributed by atoms with Crippen molar-refractivity contribution in [3.8, 4) is 34.2 Å². The minimum Gasteiger partial charge on any atom is -0.464 e. The van der Waals surface area contributed by atoms with E-state index < -0.39 is 0 Å². The molecular weight excluding hydrogens is 324 g/mol. The fraction of sp³-hybridized carbons (Fsp3) is 0. The average molecular weight is 338 g/mol. The molecule has 0 aliphatic heterocycles. The van der Waals surface area contributed by atoms with Crippen LogP contribution in [0.1, 0.15) is 5.56 Å².